The normalized spacial score (nSPS) is 26.7. The van der Waals surface area contributed by atoms with Gasteiger partial charge in [0.2, 0.25) is 0 Å². The summed E-state index contributed by atoms with van der Waals surface area (Å²) in [6, 6.07) is 42.4. The average molecular weight is 753 g/mol. The molecule has 3 aliphatic carbocycles. The summed E-state index contributed by atoms with van der Waals surface area (Å²) in [5.74, 6) is -0.375. The molecule has 0 N–H and O–H groups in total. The van der Waals surface area contributed by atoms with E-state index in [0.29, 0.717) is 0 Å². The van der Waals surface area contributed by atoms with E-state index in [4.69, 9.17) is 0 Å². The molecular weight excluding hydrogens is 703 g/mol. The molecule has 0 aromatic heterocycles. The lowest BCUT2D eigenvalue weighted by Gasteiger charge is -2.50. The molecule has 2 fully saturated rings. The maximum absolute atomic E-state index is 14.6. The Kier molecular flexibility index (Phi) is 7.46. The van der Waals surface area contributed by atoms with Crippen LogP contribution in [0.5, 0.6) is 0 Å². The third kappa shape index (κ3) is 4.79. The Balaban J connectivity index is 0.926. The summed E-state index contributed by atoms with van der Waals surface area (Å²) in [7, 11) is 0. The first-order valence-electron chi connectivity index (χ1n) is 21.2. The molecule has 5 aliphatic rings. The van der Waals surface area contributed by atoms with E-state index in [9.17, 15) is 8.78 Å². The van der Waals surface area contributed by atoms with E-state index in [0.717, 1.165) is 43.5 Å². The number of hydrogen-bond acceptors (Lipinski definition) is 2. The lowest BCUT2D eigenvalue weighted by Crippen LogP contribution is -2.54. The lowest BCUT2D eigenvalue weighted by molar-refractivity contribution is 0.195. The standard InChI is InChI=1S/C53H50F2N2/c1-50-23-5-7-25-52(50,3)56(42-13-9-11-40(54)32-42)48-21-17-36(30-46(48)50)34-15-19-44-38(27-34)29-39-28-35(16-20-45(39)44)37-18-22-49-47(31-37)51(2)24-6-8-26-53(51,4)57(49)43-14-10-12-41(55)33-43/h9-22,27-28,30-33H,5-8,23-26,29H2,1-4H3. The first-order chi connectivity index (χ1) is 27.5. The lowest BCUT2D eigenvalue weighted by atomic mass is 9.61. The van der Waals surface area contributed by atoms with Crippen LogP contribution < -0.4 is 9.80 Å². The molecule has 4 atom stereocenters. The summed E-state index contributed by atoms with van der Waals surface area (Å²) in [5, 5.41) is 0. The van der Waals surface area contributed by atoms with Gasteiger partial charge in [-0.1, -0.05) is 100 Å². The summed E-state index contributed by atoms with van der Waals surface area (Å²) in [6.45, 7) is 9.69. The van der Waals surface area contributed by atoms with Crippen LogP contribution in [0.4, 0.5) is 31.5 Å². The molecule has 4 unspecified atom stereocenters. The van der Waals surface area contributed by atoms with Crippen LogP contribution in [0.1, 0.15) is 101 Å². The maximum Gasteiger partial charge on any atom is 0.125 e. The summed E-state index contributed by atoms with van der Waals surface area (Å²) in [6.07, 6.45) is 10.1. The van der Waals surface area contributed by atoms with Crippen molar-refractivity contribution in [1.29, 1.82) is 0 Å². The number of anilines is 4. The molecule has 6 aromatic rings. The van der Waals surface area contributed by atoms with Gasteiger partial charge in [0.1, 0.15) is 11.6 Å². The van der Waals surface area contributed by atoms with Crippen LogP contribution in [0.15, 0.2) is 121 Å². The second-order valence-corrected chi connectivity index (χ2v) is 18.6. The van der Waals surface area contributed by atoms with E-state index >= 15 is 0 Å². The highest BCUT2D eigenvalue weighted by molar-refractivity contribution is 5.86. The van der Waals surface area contributed by atoms with Gasteiger partial charge in [-0.05, 0) is 162 Å². The number of benzene rings is 6. The van der Waals surface area contributed by atoms with Crippen LogP contribution in [-0.4, -0.2) is 11.1 Å². The van der Waals surface area contributed by atoms with Crippen LogP contribution in [0.2, 0.25) is 0 Å². The number of fused-ring (bicyclic) bond motifs is 9. The molecule has 2 aliphatic heterocycles. The third-order valence-electron chi connectivity index (χ3n) is 15.9. The third-order valence-corrected chi connectivity index (χ3v) is 15.9. The van der Waals surface area contributed by atoms with E-state index in [2.05, 4.69) is 122 Å². The van der Waals surface area contributed by atoms with Gasteiger partial charge in [-0.25, -0.2) is 8.78 Å². The second kappa shape index (κ2) is 12.1. The number of hydrogen-bond donors (Lipinski definition) is 0. The maximum atomic E-state index is 14.6. The molecule has 0 bridgehead atoms. The van der Waals surface area contributed by atoms with E-state index in [1.54, 1.807) is 24.3 Å². The largest absolute Gasteiger partial charge is 0.334 e. The van der Waals surface area contributed by atoms with Crippen LogP contribution in [0.25, 0.3) is 33.4 Å². The summed E-state index contributed by atoms with van der Waals surface area (Å²) in [4.78, 5) is 4.89. The minimum absolute atomic E-state index is 0.0331. The van der Waals surface area contributed by atoms with Gasteiger partial charge >= 0.3 is 0 Å². The fourth-order valence-corrected chi connectivity index (χ4v) is 12.4. The molecular formula is C53H50F2N2. The topological polar surface area (TPSA) is 6.48 Å². The van der Waals surface area contributed by atoms with Crippen molar-refractivity contribution in [2.75, 3.05) is 9.80 Å². The zero-order valence-corrected chi connectivity index (χ0v) is 33.6. The van der Waals surface area contributed by atoms with E-state index in [-0.39, 0.29) is 33.5 Å². The van der Waals surface area contributed by atoms with Crippen LogP contribution in [0.3, 0.4) is 0 Å². The molecule has 2 heterocycles. The average Bonchev–Trinajstić information content (AvgIpc) is 3.75. The highest BCUT2D eigenvalue weighted by Crippen LogP contribution is 2.63. The first kappa shape index (κ1) is 35.0. The minimum Gasteiger partial charge on any atom is -0.334 e. The predicted octanol–water partition coefficient (Wildman–Crippen LogP) is 14.4. The Morgan fingerprint density at radius 2 is 0.842 bits per heavy atom. The first-order valence-corrected chi connectivity index (χ1v) is 21.2. The molecule has 0 radical (unpaired) electrons. The highest BCUT2D eigenvalue weighted by atomic mass is 19.1. The van der Waals surface area contributed by atoms with Crippen molar-refractivity contribution < 1.29 is 8.78 Å². The fourth-order valence-electron chi connectivity index (χ4n) is 12.4. The highest BCUT2D eigenvalue weighted by Gasteiger charge is 2.59. The molecule has 2 nitrogen and oxygen atoms in total. The van der Waals surface area contributed by atoms with Crippen molar-refractivity contribution in [3.05, 3.63) is 155 Å². The second-order valence-electron chi connectivity index (χ2n) is 18.6. The Bertz CT molecular complexity index is 2460. The predicted molar refractivity (Wildman–Crippen MR) is 231 cm³/mol. The van der Waals surface area contributed by atoms with Gasteiger partial charge < -0.3 is 9.80 Å². The minimum atomic E-state index is -0.187. The molecule has 6 aromatic carbocycles. The number of nitrogens with zero attached hydrogens (tertiary/aromatic N) is 2. The van der Waals surface area contributed by atoms with E-state index in [1.165, 1.54) is 92.7 Å². The van der Waals surface area contributed by atoms with Gasteiger partial charge in [0, 0.05) is 33.6 Å². The number of halogens is 2. The van der Waals surface area contributed by atoms with Gasteiger partial charge in [-0.3, -0.25) is 0 Å². The Morgan fingerprint density at radius 3 is 1.28 bits per heavy atom. The molecule has 0 amide bonds. The molecule has 11 rings (SSSR count). The smallest absolute Gasteiger partial charge is 0.125 e. The summed E-state index contributed by atoms with van der Waals surface area (Å²) in [5.41, 5.74) is 17.2. The Labute approximate surface area is 336 Å². The van der Waals surface area contributed by atoms with Crippen LogP contribution in [0, 0.1) is 11.6 Å². The molecule has 57 heavy (non-hydrogen) atoms. The molecule has 2 saturated carbocycles. The number of rotatable bonds is 4. The van der Waals surface area contributed by atoms with Gasteiger partial charge in [-0.2, -0.15) is 0 Å². The molecule has 4 heteroatoms. The Morgan fingerprint density at radius 1 is 0.439 bits per heavy atom. The van der Waals surface area contributed by atoms with Crippen molar-refractivity contribution in [3.8, 4) is 33.4 Å². The SMILES string of the molecule is CC12CCCCC1(C)N(c1cccc(F)c1)c1ccc(-c3ccc4c(c3)Cc3cc(-c5ccc6c(c5)C5(C)CCCCC5(C)N6c5cccc(F)c5)ccc3-4)cc12. The monoisotopic (exact) mass is 752 g/mol. The van der Waals surface area contributed by atoms with Crippen molar-refractivity contribution >= 4 is 22.7 Å². The zero-order chi connectivity index (χ0) is 38.9. The van der Waals surface area contributed by atoms with E-state index < -0.39 is 0 Å². The van der Waals surface area contributed by atoms with Crippen LogP contribution in [-0.2, 0) is 17.3 Å². The van der Waals surface area contributed by atoms with Gasteiger partial charge in [0.15, 0.2) is 0 Å². The molecule has 0 saturated heterocycles. The summed E-state index contributed by atoms with van der Waals surface area (Å²) < 4.78 is 29.2. The Hall–Kier alpha value is -5.22. The zero-order valence-electron chi connectivity index (χ0n) is 33.6. The molecule has 286 valence electrons. The molecule has 0 spiro atoms. The van der Waals surface area contributed by atoms with Gasteiger partial charge in [0.05, 0.1) is 11.1 Å². The van der Waals surface area contributed by atoms with E-state index in [1.807, 2.05) is 12.1 Å². The van der Waals surface area contributed by atoms with Gasteiger partial charge in [-0.15, -0.1) is 0 Å². The van der Waals surface area contributed by atoms with Crippen molar-refractivity contribution in [3.63, 3.8) is 0 Å². The van der Waals surface area contributed by atoms with Gasteiger partial charge in [0.25, 0.3) is 0 Å². The van der Waals surface area contributed by atoms with Crippen molar-refractivity contribution in [1.82, 2.24) is 0 Å². The summed E-state index contributed by atoms with van der Waals surface area (Å²) >= 11 is 0. The van der Waals surface area contributed by atoms with Crippen molar-refractivity contribution in [2.24, 2.45) is 0 Å². The fraction of sp³-hybridized carbons (Fsp3) is 0.321. The van der Waals surface area contributed by atoms with Crippen LogP contribution >= 0.6 is 0 Å². The van der Waals surface area contributed by atoms with Crippen molar-refractivity contribution in [2.45, 2.75) is 107 Å². The quantitative estimate of drug-likeness (QED) is 0.177.